The first kappa shape index (κ1) is 43.8. The second kappa shape index (κ2) is 21.4. The van der Waals surface area contributed by atoms with Crippen molar-refractivity contribution >= 4 is 29.1 Å². The minimum absolute atomic E-state index is 0. The number of benzene rings is 2. The zero-order valence-corrected chi connectivity index (χ0v) is 34.5. The summed E-state index contributed by atoms with van der Waals surface area (Å²) in [7, 11) is 2.16. The zero-order valence-electron chi connectivity index (χ0n) is 33.7. The molecular formula is C45H63ClN4O5. The molecule has 0 bridgehead atoms. The topological polar surface area (TPSA) is 92.1 Å². The molecule has 0 saturated carbocycles. The maximum absolute atomic E-state index is 12.5. The molecule has 0 saturated heterocycles. The van der Waals surface area contributed by atoms with Crippen LogP contribution in [0.3, 0.4) is 0 Å². The van der Waals surface area contributed by atoms with Crippen molar-refractivity contribution in [2.45, 2.75) is 102 Å². The fourth-order valence-electron chi connectivity index (χ4n) is 7.95. The minimum atomic E-state index is -0.407. The van der Waals surface area contributed by atoms with Gasteiger partial charge in [-0.3, -0.25) is 4.79 Å². The van der Waals surface area contributed by atoms with Crippen LogP contribution in [0, 0.1) is 0 Å². The molecule has 300 valence electrons. The van der Waals surface area contributed by atoms with Crippen LogP contribution in [-0.2, 0) is 29.8 Å². The summed E-state index contributed by atoms with van der Waals surface area (Å²) in [5.74, 6) is 0.0561. The highest BCUT2D eigenvalue weighted by Crippen LogP contribution is 2.48. The fraction of sp³-hybridized carbons (Fsp3) is 0.533. The normalized spacial score (nSPS) is 19.7. The predicted octanol–water partition coefficient (Wildman–Crippen LogP) is 5.26. The van der Waals surface area contributed by atoms with Gasteiger partial charge in [-0.15, -0.1) is 0 Å². The van der Waals surface area contributed by atoms with Crippen molar-refractivity contribution in [1.29, 1.82) is 0 Å². The largest absolute Gasteiger partial charge is 1.00 e. The summed E-state index contributed by atoms with van der Waals surface area (Å²) < 4.78 is 18.9. The zero-order chi connectivity index (χ0) is 38.4. The average molecular weight is 775 g/mol. The number of nitrogens with one attached hydrogen (secondary N) is 2. The van der Waals surface area contributed by atoms with Crippen LogP contribution in [-0.4, -0.2) is 81.5 Å². The van der Waals surface area contributed by atoms with E-state index in [-0.39, 0.29) is 35.2 Å². The van der Waals surface area contributed by atoms with Crippen LogP contribution in [0.1, 0.15) is 96.6 Å². The van der Waals surface area contributed by atoms with E-state index in [4.69, 9.17) is 14.2 Å². The molecule has 2 N–H and O–H groups in total. The second-order valence-electron chi connectivity index (χ2n) is 15.6. The number of nitrogens with zero attached hydrogens (tertiary/aromatic N) is 2. The number of rotatable bonds is 18. The number of fused-ring (bicyclic) bond motifs is 2. The van der Waals surface area contributed by atoms with E-state index in [1.54, 1.807) is 0 Å². The first-order valence-electron chi connectivity index (χ1n) is 20.1. The number of hydrogen-bond acceptors (Lipinski definition) is 6. The van der Waals surface area contributed by atoms with Gasteiger partial charge in [-0.2, -0.15) is 4.58 Å². The third-order valence-corrected chi connectivity index (χ3v) is 11.0. The van der Waals surface area contributed by atoms with Gasteiger partial charge >= 0.3 is 6.09 Å². The predicted molar refractivity (Wildman–Crippen MR) is 218 cm³/mol. The van der Waals surface area contributed by atoms with Crippen molar-refractivity contribution in [1.82, 2.24) is 10.6 Å². The number of alkyl carbamates (subject to hydrolysis) is 1. The van der Waals surface area contributed by atoms with Crippen molar-refractivity contribution in [2.24, 2.45) is 0 Å². The van der Waals surface area contributed by atoms with Gasteiger partial charge in [0, 0.05) is 60.6 Å². The van der Waals surface area contributed by atoms with Crippen molar-refractivity contribution in [2.75, 3.05) is 58.0 Å². The standard InChI is InChI=1S/C45H62N4O5.ClH/c1-44(2)36-21-13-15-23-38(36)48(5)40(44)25-18-26-41-45(3,4)37-22-14-16-24-39(37)49(41)30-17-9-12-27-42(50)46-28-31-52-33-34-53-32-29-47-43(51)54-35-19-10-7-6-8-11-20-35;/h10,13-16,18-19,21-26,35H,6-9,11-12,17,20,27-34H2,1-5H3,(H-,46,47,50,51);1H/b19-10+;. The Morgan fingerprint density at radius 2 is 1.56 bits per heavy atom. The maximum Gasteiger partial charge on any atom is 0.407 e. The number of allylic oxidation sites excluding steroid dienone is 5. The summed E-state index contributed by atoms with van der Waals surface area (Å²) in [6.07, 6.45) is 19.1. The highest BCUT2D eigenvalue weighted by Gasteiger charge is 2.43. The molecule has 3 aliphatic rings. The third-order valence-electron chi connectivity index (χ3n) is 11.0. The molecule has 2 heterocycles. The SMILES string of the molecule is C[N+]1=C(/C=C/C=C2\N(CCCCCC(=O)NCCOCCOCCNC(=O)OC3/C=C/CCCCC3)c3ccccc3C2(C)C)C(C)(C)c2ccccc21.[Cl-]. The van der Waals surface area contributed by atoms with E-state index in [9.17, 15) is 9.59 Å². The van der Waals surface area contributed by atoms with E-state index in [1.165, 1.54) is 46.8 Å². The lowest BCUT2D eigenvalue weighted by molar-refractivity contribution is -0.401. The first-order valence-corrected chi connectivity index (χ1v) is 20.1. The van der Waals surface area contributed by atoms with Gasteiger partial charge in [0.15, 0.2) is 5.71 Å². The number of halogens is 1. The molecule has 0 radical (unpaired) electrons. The van der Waals surface area contributed by atoms with Crippen LogP contribution in [0.25, 0.3) is 0 Å². The maximum atomic E-state index is 12.5. The van der Waals surface area contributed by atoms with Gasteiger partial charge in [0.1, 0.15) is 13.2 Å². The number of amides is 2. The van der Waals surface area contributed by atoms with E-state index in [0.29, 0.717) is 45.9 Å². The van der Waals surface area contributed by atoms with Gasteiger partial charge in [0.25, 0.3) is 0 Å². The molecular weight excluding hydrogens is 712 g/mol. The Labute approximate surface area is 335 Å². The Morgan fingerprint density at radius 3 is 2.33 bits per heavy atom. The first-order chi connectivity index (χ1) is 26.1. The molecule has 2 aromatic rings. The van der Waals surface area contributed by atoms with Crippen LogP contribution in [0.15, 0.2) is 84.6 Å². The highest BCUT2D eigenvalue weighted by molar-refractivity contribution is 6.03. The van der Waals surface area contributed by atoms with Crippen LogP contribution in [0.5, 0.6) is 0 Å². The molecule has 9 nitrogen and oxygen atoms in total. The molecule has 0 spiro atoms. The molecule has 1 atom stereocenters. The summed E-state index contributed by atoms with van der Waals surface area (Å²) in [5, 5.41) is 5.71. The van der Waals surface area contributed by atoms with Crippen molar-refractivity contribution in [3.8, 4) is 0 Å². The summed E-state index contributed by atoms with van der Waals surface area (Å²) in [4.78, 5) is 27.0. The van der Waals surface area contributed by atoms with Crippen LogP contribution >= 0.6 is 0 Å². The van der Waals surface area contributed by atoms with Crippen LogP contribution in [0.4, 0.5) is 16.2 Å². The Balaban J connectivity index is 0.00000673. The minimum Gasteiger partial charge on any atom is -1.00 e. The monoisotopic (exact) mass is 774 g/mol. The van der Waals surface area contributed by atoms with Gasteiger partial charge in [-0.1, -0.05) is 75.2 Å². The molecule has 2 amide bonds. The van der Waals surface area contributed by atoms with Crippen molar-refractivity contribution in [3.63, 3.8) is 0 Å². The van der Waals surface area contributed by atoms with Crippen molar-refractivity contribution in [3.05, 3.63) is 95.7 Å². The molecule has 1 aliphatic carbocycles. The Bertz CT molecular complexity index is 1700. The highest BCUT2D eigenvalue weighted by atomic mass is 35.5. The van der Waals surface area contributed by atoms with E-state index >= 15 is 0 Å². The summed E-state index contributed by atoms with van der Waals surface area (Å²) in [6, 6.07) is 17.4. The summed E-state index contributed by atoms with van der Waals surface area (Å²) in [5.41, 5.74) is 7.67. The number of para-hydroxylation sites is 2. The molecule has 5 rings (SSSR count). The van der Waals surface area contributed by atoms with Gasteiger partial charge in [-0.25, -0.2) is 4.79 Å². The Morgan fingerprint density at radius 1 is 0.855 bits per heavy atom. The lowest BCUT2D eigenvalue weighted by Crippen LogP contribution is -3.00. The summed E-state index contributed by atoms with van der Waals surface area (Å²) >= 11 is 0. The lowest BCUT2D eigenvalue weighted by atomic mass is 9.81. The molecule has 0 fully saturated rings. The van der Waals surface area contributed by atoms with Gasteiger partial charge in [0.05, 0.1) is 31.8 Å². The molecule has 10 heteroatoms. The second-order valence-corrected chi connectivity index (χ2v) is 15.6. The number of carbonyl (C=O) groups is 2. The van der Waals surface area contributed by atoms with Gasteiger partial charge < -0.3 is 42.2 Å². The number of hydrogen-bond donors (Lipinski definition) is 2. The Hall–Kier alpha value is -3.92. The number of carbonyl (C=O) groups excluding carboxylic acids is 2. The van der Waals surface area contributed by atoms with E-state index in [0.717, 1.165) is 45.1 Å². The van der Waals surface area contributed by atoms with Gasteiger partial charge in [0.2, 0.25) is 11.6 Å². The van der Waals surface area contributed by atoms with E-state index in [1.807, 2.05) is 6.08 Å². The molecule has 2 aromatic carbocycles. The van der Waals surface area contributed by atoms with E-state index < -0.39 is 6.09 Å². The Kier molecular flexibility index (Phi) is 17.0. The average Bonchev–Trinajstić information content (AvgIpc) is 3.47. The quantitative estimate of drug-likeness (QED) is 0.122. The molecule has 1 unspecified atom stereocenters. The smallest absolute Gasteiger partial charge is 0.407 e. The molecule has 2 aliphatic heterocycles. The van der Waals surface area contributed by atoms with Crippen LogP contribution < -0.4 is 27.9 Å². The molecule has 0 aromatic heterocycles. The third kappa shape index (κ3) is 11.8. The fourth-order valence-corrected chi connectivity index (χ4v) is 7.95. The van der Waals surface area contributed by atoms with Crippen molar-refractivity contribution < 1.29 is 40.8 Å². The van der Waals surface area contributed by atoms with E-state index in [2.05, 4.69) is 128 Å². The number of anilines is 1. The van der Waals surface area contributed by atoms with Crippen LogP contribution in [0.2, 0.25) is 0 Å². The lowest BCUT2D eigenvalue weighted by Gasteiger charge is -2.27. The number of ether oxygens (including phenoxy) is 3. The van der Waals surface area contributed by atoms with Gasteiger partial charge in [-0.05, 0) is 76.2 Å². The summed E-state index contributed by atoms with van der Waals surface area (Å²) in [6.45, 7) is 12.7. The number of unbranched alkanes of at least 4 members (excludes halogenated alkanes) is 2. The molecule has 55 heavy (non-hydrogen) atoms.